The summed E-state index contributed by atoms with van der Waals surface area (Å²) in [6, 6.07) is 2.25. The predicted octanol–water partition coefficient (Wildman–Crippen LogP) is 3.87. The molecular weight excluding hydrogens is 296 g/mol. The highest BCUT2D eigenvalue weighted by Gasteiger charge is 2.29. The molecule has 0 saturated heterocycles. The molecule has 1 aromatic heterocycles. The molecule has 22 heavy (non-hydrogen) atoms. The minimum atomic E-state index is -0.604. The zero-order valence-corrected chi connectivity index (χ0v) is 14.0. The fourth-order valence-electron chi connectivity index (χ4n) is 2.48. The van der Waals surface area contributed by atoms with Crippen LogP contribution in [0.1, 0.15) is 49.6 Å². The number of amides is 1. The lowest BCUT2D eigenvalue weighted by molar-refractivity contribution is 0.0586. The van der Waals surface area contributed by atoms with E-state index in [4.69, 9.17) is 11.2 Å². The van der Waals surface area contributed by atoms with Crippen molar-refractivity contribution in [3.8, 4) is 18.4 Å². The van der Waals surface area contributed by atoms with Gasteiger partial charge in [0.15, 0.2) is 0 Å². The molecule has 1 aromatic rings. The first kappa shape index (κ1) is 16.4. The van der Waals surface area contributed by atoms with Crippen LogP contribution in [0.4, 0.5) is 9.80 Å². The van der Waals surface area contributed by atoms with Crippen molar-refractivity contribution >= 4 is 22.4 Å². The van der Waals surface area contributed by atoms with E-state index < -0.39 is 11.7 Å². The Hall–Kier alpha value is -1.98. The number of hydrogen-bond acceptors (Lipinski definition) is 4. The van der Waals surface area contributed by atoms with E-state index in [2.05, 4.69) is 12.0 Å². The van der Waals surface area contributed by atoms with Gasteiger partial charge in [0.1, 0.15) is 16.7 Å². The maximum Gasteiger partial charge on any atom is 0.416 e. The number of anilines is 1. The quantitative estimate of drug-likeness (QED) is 0.778. The highest BCUT2D eigenvalue weighted by Crippen LogP contribution is 2.40. The van der Waals surface area contributed by atoms with Gasteiger partial charge in [-0.15, -0.1) is 17.8 Å². The van der Waals surface area contributed by atoms with Crippen LogP contribution in [0.25, 0.3) is 0 Å². The van der Waals surface area contributed by atoms with Crippen LogP contribution in [0.2, 0.25) is 0 Å². The molecule has 0 aromatic carbocycles. The third-order valence-corrected chi connectivity index (χ3v) is 4.69. The molecule has 0 saturated carbocycles. The molecule has 0 bridgehead atoms. The van der Waals surface area contributed by atoms with Crippen molar-refractivity contribution < 1.29 is 9.53 Å². The number of carbonyl (C=O) groups excluding carboxylic acids is 1. The number of aryl methyl sites for hydroxylation is 1. The second-order valence-electron chi connectivity index (χ2n) is 6.27. The molecule has 1 amide bonds. The van der Waals surface area contributed by atoms with Crippen LogP contribution in [-0.2, 0) is 17.6 Å². The number of terminal acetylenes is 1. The summed E-state index contributed by atoms with van der Waals surface area (Å²) in [5.74, 6) is 2.49. The van der Waals surface area contributed by atoms with Crippen molar-refractivity contribution in [3.63, 3.8) is 0 Å². The third-order valence-electron chi connectivity index (χ3n) is 3.37. The Morgan fingerprint density at radius 1 is 1.41 bits per heavy atom. The van der Waals surface area contributed by atoms with E-state index in [0.29, 0.717) is 10.6 Å². The van der Waals surface area contributed by atoms with E-state index in [1.165, 1.54) is 21.1 Å². The Labute approximate surface area is 135 Å². The van der Waals surface area contributed by atoms with Crippen molar-refractivity contribution in [3.05, 3.63) is 16.0 Å². The van der Waals surface area contributed by atoms with Crippen molar-refractivity contribution in [2.24, 2.45) is 0 Å². The summed E-state index contributed by atoms with van der Waals surface area (Å²) < 4.78 is 5.43. The number of nitriles is 1. The van der Waals surface area contributed by atoms with Gasteiger partial charge in [-0.05, 0) is 52.0 Å². The first-order valence-corrected chi connectivity index (χ1v) is 8.17. The Balaban J connectivity index is 2.41. The Morgan fingerprint density at radius 2 is 2.09 bits per heavy atom. The average molecular weight is 316 g/mol. The molecule has 0 fully saturated rings. The normalized spacial score (nSPS) is 13.7. The van der Waals surface area contributed by atoms with Crippen molar-refractivity contribution in [2.45, 2.75) is 52.1 Å². The summed E-state index contributed by atoms with van der Waals surface area (Å²) in [7, 11) is 0. The number of nitrogens with zero attached hydrogens (tertiary/aromatic N) is 2. The standard InChI is InChI=1S/C17H20N2O2S/c1-5-10-19(16(20)21-17(2,3)4)15-13(11-18)12-8-6-7-9-14(12)22-15/h1H,6-10H2,2-4H3. The van der Waals surface area contributed by atoms with Gasteiger partial charge in [-0.25, -0.2) is 4.79 Å². The molecule has 0 N–H and O–H groups in total. The van der Waals surface area contributed by atoms with Gasteiger partial charge in [-0.1, -0.05) is 5.92 Å². The average Bonchev–Trinajstić information content (AvgIpc) is 2.80. The Kier molecular flexibility index (Phi) is 4.78. The molecule has 2 rings (SSSR count). The molecular formula is C17H20N2O2S. The van der Waals surface area contributed by atoms with E-state index in [0.717, 1.165) is 31.2 Å². The van der Waals surface area contributed by atoms with Crippen molar-refractivity contribution in [1.82, 2.24) is 0 Å². The maximum atomic E-state index is 12.4. The fourth-order valence-corrected chi connectivity index (χ4v) is 3.81. The highest BCUT2D eigenvalue weighted by molar-refractivity contribution is 7.16. The summed E-state index contributed by atoms with van der Waals surface area (Å²) in [6.07, 6.45) is 8.97. The SMILES string of the molecule is C#CCN(C(=O)OC(C)(C)C)c1sc2c(c1C#N)CCCC2. The van der Waals surface area contributed by atoms with Gasteiger partial charge in [0.2, 0.25) is 0 Å². The Bertz CT molecular complexity index is 656. The van der Waals surface area contributed by atoms with Crippen LogP contribution in [0.15, 0.2) is 0 Å². The molecule has 0 spiro atoms. The Morgan fingerprint density at radius 3 is 2.68 bits per heavy atom. The minimum absolute atomic E-state index is 0.100. The lowest BCUT2D eigenvalue weighted by Crippen LogP contribution is -2.37. The van der Waals surface area contributed by atoms with Gasteiger partial charge in [-0.2, -0.15) is 5.26 Å². The van der Waals surface area contributed by atoms with E-state index in [1.807, 2.05) is 20.8 Å². The number of thiophene rings is 1. The monoisotopic (exact) mass is 316 g/mol. The lowest BCUT2D eigenvalue weighted by atomic mass is 9.96. The summed E-state index contributed by atoms with van der Waals surface area (Å²) in [5, 5.41) is 10.1. The molecule has 1 aliphatic carbocycles. The molecule has 0 radical (unpaired) electrons. The van der Waals surface area contributed by atoms with Crippen LogP contribution in [0.3, 0.4) is 0 Å². The molecule has 4 nitrogen and oxygen atoms in total. The molecule has 1 heterocycles. The van der Waals surface area contributed by atoms with Gasteiger partial charge in [-0.3, -0.25) is 4.90 Å². The number of carbonyl (C=O) groups is 1. The molecule has 0 aliphatic heterocycles. The van der Waals surface area contributed by atoms with Gasteiger partial charge < -0.3 is 4.74 Å². The zero-order valence-electron chi connectivity index (χ0n) is 13.2. The second kappa shape index (κ2) is 6.42. The van der Waals surface area contributed by atoms with E-state index in [-0.39, 0.29) is 6.54 Å². The molecule has 116 valence electrons. The van der Waals surface area contributed by atoms with Crippen LogP contribution in [0, 0.1) is 23.7 Å². The van der Waals surface area contributed by atoms with Gasteiger partial charge >= 0.3 is 6.09 Å². The zero-order chi connectivity index (χ0) is 16.3. The topological polar surface area (TPSA) is 53.3 Å². The van der Waals surface area contributed by atoms with Crippen molar-refractivity contribution in [1.29, 1.82) is 5.26 Å². The van der Waals surface area contributed by atoms with Crippen molar-refractivity contribution in [2.75, 3.05) is 11.4 Å². The summed E-state index contributed by atoms with van der Waals surface area (Å²) in [5.41, 5.74) is 1.06. The van der Waals surface area contributed by atoms with Gasteiger partial charge in [0.05, 0.1) is 12.1 Å². The van der Waals surface area contributed by atoms with Crippen LogP contribution >= 0.6 is 11.3 Å². The largest absolute Gasteiger partial charge is 0.443 e. The third kappa shape index (κ3) is 3.43. The summed E-state index contributed by atoms with van der Waals surface area (Å²) in [4.78, 5) is 15.0. The summed E-state index contributed by atoms with van der Waals surface area (Å²) in [6.45, 7) is 5.53. The number of ether oxygens (including phenoxy) is 1. The number of rotatable bonds is 2. The van der Waals surface area contributed by atoms with Gasteiger partial charge in [0.25, 0.3) is 0 Å². The number of fused-ring (bicyclic) bond motifs is 1. The van der Waals surface area contributed by atoms with Crippen LogP contribution in [0.5, 0.6) is 0 Å². The van der Waals surface area contributed by atoms with E-state index in [1.54, 1.807) is 0 Å². The second-order valence-corrected chi connectivity index (χ2v) is 7.36. The van der Waals surface area contributed by atoms with Gasteiger partial charge in [0, 0.05) is 4.88 Å². The molecule has 5 heteroatoms. The smallest absolute Gasteiger partial charge is 0.416 e. The van der Waals surface area contributed by atoms with Crippen LogP contribution in [-0.4, -0.2) is 18.2 Å². The minimum Gasteiger partial charge on any atom is -0.443 e. The summed E-state index contributed by atoms with van der Waals surface area (Å²) >= 11 is 1.50. The van der Waals surface area contributed by atoms with E-state index >= 15 is 0 Å². The van der Waals surface area contributed by atoms with Crippen LogP contribution < -0.4 is 4.90 Å². The molecule has 1 aliphatic rings. The van der Waals surface area contributed by atoms with E-state index in [9.17, 15) is 10.1 Å². The number of hydrogen-bond donors (Lipinski definition) is 0. The lowest BCUT2D eigenvalue weighted by Gasteiger charge is -2.25. The maximum absolute atomic E-state index is 12.4. The molecule has 0 unspecified atom stereocenters. The highest BCUT2D eigenvalue weighted by atomic mass is 32.1. The fraction of sp³-hybridized carbons (Fsp3) is 0.529. The molecule has 0 atom stereocenters. The predicted molar refractivity (Wildman–Crippen MR) is 88.1 cm³/mol. The first-order valence-electron chi connectivity index (χ1n) is 7.36. The first-order chi connectivity index (χ1) is 10.4.